The van der Waals surface area contributed by atoms with Crippen molar-refractivity contribution in [3.05, 3.63) is 0 Å². The molecule has 0 heteroatoms. The van der Waals surface area contributed by atoms with Crippen molar-refractivity contribution in [3.63, 3.8) is 0 Å². The predicted molar refractivity (Wildman–Crippen MR) is 55.3 cm³/mol. The summed E-state index contributed by atoms with van der Waals surface area (Å²) >= 11 is 0. The molecular formula is C12H24. The molecule has 0 amide bonds. The van der Waals surface area contributed by atoms with E-state index in [4.69, 9.17) is 0 Å². The second kappa shape index (κ2) is 5.61. The van der Waals surface area contributed by atoms with Gasteiger partial charge < -0.3 is 0 Å². The van der Waals surface area contributed by atoms with Gasteiger partial charge in [0.1, 0.15) is 0 Å². The molecule has 1 aliphatic rings. The van der Waals surface area contributed by atoms with E-state index >= 15 is 0 Å². The second-order valence-electron chi connectivity index (χ2n) is 4.38. The number of unbranched alkanes of at least 4 members (excludes halogenated alkanes) is 2. The van der Waals surface area contributed by atoms with Crippen molar-refractivity contribution in [2.24, 2.45) is 11.8 Å². The van der Waals surface area contributed by atoms with Crippen LogP contribution in [0.2, 0.25) is 0 Å². The van der Waals surface area contributed by atoms with Gasteiger partial charge in [-0.15, -0.1) is 0 Å². The van der Waals surface area contributed by atoms with Gasteiger partial charge in [0.05, 0.1) is 0 Å². The SMILES string of the molecule is CCCC[C@@H]1CC[C@H]1CCCC. The summed E-state index contributed by atoms with van der Waals surface area (Å²) in [5.41, 5.74) is 0. The highest BCUT2D eigenvalue weighted by atomic mass is 14.3. The van der Waals surface area contributed by atoms with Gasteiger partial charge in [-0.25, -0.2) is 0 Å². The summed E-state index contributed by atoms with van der Waals surface area (Å²) < 4.78 is 0. The summed E-state index contributed by atoms with van der Waals surface area (Å²) in [7, 11) is 0. The molecule has 0 aromatic carbocycles. The molecule has 0 saturated heterocycles. The zero-order valence-electron chi connectivity index (χ0n) is 8.81. The van der Waals surface area contributed by atoms with E-state index < -0.39 is 0 Å². The van der Waals surface area contributed by atoms with Crippen LogP contribution in [0.25, 0.3) is 0 Å². The van der Waals surface area contributed by atoms with Gasteiger partial charge in [0, 0.05) is 0 Å². The molecule has 12 heavy (non-hydrogen) atoms. The maximum absolute atomic E-state index is 2.31. The standard InChI is InChI=1S/C12H24/c1-3-5-7-11-9-10-12(11)8-6-4-2/h11-12H,3-10H2,1-2H3/t11-,12-/m1/s1. The van der Waals surface area contributed by atoms with Crippen LogP contribution in [0.15, 0.2) is 0 Å². The smallest absolute Gasteiger partial charge is 0.0386 e. The minimum Gasteiger partial charge on any atom is -0.0654 e. The Morgan fingerprint density at radius 2 is 1.25 bits per heavy atom. The molecule has 1 rings (SSSR count). The fourth-order valence-electron chi connectivity index (χ4n) is 2.33. The summed E-state index contributed by atoms with van der Waals surface area (Å²) in [5.74, 6) is 2.24. The van der Waals surface area contributed by atoms with Gasteiger partial charge in [-0.2, -0.15) is 0 Å². The highest BCUT2D eigenvalue weighted by Crippen LogP contribution is 2.40. The number of hydrogen-bond acceptors (Lipinski definition) is 0. The van der Waals surface area contributed by atoms with Crippen molar-refractivity contribution in [3.8, 4) is 0 Å². The molecule has 0 aliphatic heterocycles. The Hall–Kier alpha value is 0. The molecule has 72 valence electrons. The lowest BCUT2D eigenvalue weighted by Gasteiger charge is -2.37. The Bertz CT molecular complexity index is 92.6. The van der Waals surface area contributed by atoms with E-state index in [1.54, 1.807) is 0 Å². The lowest BCUT2D eigenvalue weighted by atomic mass is 9.69. The Balaban J connectivity index is 2.03. The molecule has 0 radical (unpaired) electrons. The van der Waals surface area contributed by atoms with Gasteiger partial charge in [0.2, 0.25) is 0 Å². The van der Waals surface area contributed by atoms with Crippen LogP contribution in [0.4, 0.5) is 0 Å². The Morgan fingerprint density at radius 3 is 1.50 bits per heavy atom. The minimum atomic E-state index is 1.12. The van der Waals surface area contributed by atoms with Crippen LogP contribution in [0.3, 0.4) is 0 Å². The van der Waals surface area contributed by atoms with Crippen molar-refractivity contribution in [2.45, 2.75) is 65.2 Å². The van der Waals surface area contributed by atoms with Crippen molar-refractivity contribution < 1.29 is 0 Å². The molecule has 0 aromatic heterocycles. The van der Waals surface area contributed by atoms with Gasteiger partial charge in [-0.1, -0.05) is 52.4 Å². The Morgan fingerprint density at radius 1 is 0.833 bits per heavy atom. The fraction of sp³-hybridized carbons (Fsp3) is 1.00. The Kier molecular flexibility index (Phi) is 4.72. The molecule has 0 spiro atoms. The van der Waals surface area contributed by atoms with E-state index in [-0.39, 0.29) is 0 Å². The highest BCUT2D eigenvalue weighted by Gasteiger charge is 2.28. The van der Waals surface area contributed by atoms with Crippen LogP contribution in [-0.4, -0.2) is 0 Å². The second-order valence-corrected chi connectivity index (χ2v) is 4.38. The molecule has 0 nitrogen and oxygen atoms in total. The van der Waals surface area contributed by atoms with Crippen molar-refractivity contribution in [1.29, 1.82) is 0 Å². The maximum Gasteiger partial charge on any atom is -0.0386 e. The van der Waals surface area contributed by atoms with Gasteiger partial charge in [0.15, 0.2) is 0 Å². The molecule has 2 atom stereocenters. The lowest BCUT2D eigenvalue weighted by molar-refractivity contribution is 0.147. The monoisotopic (exact) mass is 168 g/mol. The van der Waals surface area contributed by atoms with Gasteiger partial charge in [-0.05, 0) is 24.7 Å². The van der Waals surface area contributed by atoms with E-state index in [0.717, 1.165) is 11.8 Å². The third kappa shape index (κ3) is 2.80. The summed E-state index contributed by atoms with van der Waals surface area (Å²) in [6, 6.07) is 0. The van der Waals surface area contributed by atoms with E-state index in [9.17, 15) is 0 Å². The molecule has 0 bridgehead atoms. The molecule has 1 aliphatic carbocycles. The molecule has 0 unspecified atom stereocenters. The average molecular weight is 168 g/mol. The van der Waals surface area contributed by atoms with E-state index in [1.165, 1.54) is 51.4 Å². The first kappa shape index (κ1) is 10.1. The predicted octanol–water partition coefficient (Wildman–Crippen LogP) is 4.39. The topological polar surface area (TPSA) is 0 Å². The number of hydrogen-bond donors (Lipinski definition) is 0. The normalized spacial score (nSPS) is 28.5. The maximum atomic E-state index is 2.31. The molecule has 0 N–H and O–H groups in total. The summed E-state index contributed by atoms with van der Waals surface area (Å²) in [6.45, 7) is 4.61. The largest absolute Gasteiger partial charge is 0.0654 e. The van der Waals surface area contributed by atoms with Gasteiger partial charge in [-0.3, -0.25) is 0 Å². The fourth-order valence-corrected chi connectivity index (χ4v) is 2.33. The first-order valence-electron chi connectivity index (χ1n) is 5.88. The quantitative estimate of drug-likeness (QED) is 0.551. The minimum absolute atomic E-state index is 1.12. The summed E-state index contributed by atoms with van der Waals surface area (Å²) in [4.78, 5) is 0. The van der Waals surface area contributed by atoms with E-state index in [1.807, 2.05) is 0 Å². The zero-order valence-corrected chi connectivity index (χ0v) is 8.81. The number of rotatable bonds is 6. The average Bonchev–Trinajstić information content (AvgIpc) is 2.04. The van der Waals surface area contributed by atoms with Crippen molar-refractivity contribution in [2.75, 3.05) is 0 Å². The van der Waals surface area contributed by atoms with Crippen LogP contribution >= 0.6 is 0 Å². The van der Waals surface area contributed by atoms with Crippen LogP contribution < -0.4 is 0 Å². The molecule has 0 heterocycles. The first-order chi connectivity index (χ1) is 5.88. The van der Waals surface area contributed by atoms with Gasteiger partial charge >= 0.3 is 0 Å². The van der Waals surface area contributed by atoms with Crippen LogP contribution in [0.5, 0.6) is 0 Å². The van der Waals surface area contributed by atoms with E-state index in [0.29, 0.717) is 0 Å². The molecule has 1 saturated carbocycles. The summed E-state index contributed by atoms with van der Waals surface area (Å²) in [6.07, 6.45) is 11.8. The molecule has 0 aromatic rings. The van der Waals surface area contributed by atoms with Gasteiger partial charge in [0.25, 0.3) is 0 Å². The third-order valence-corrected chi connectivity index (χ3v) is 3.43. The summed E-state index contributed by atoms with van der Waals surface area (Å²) in [5, 5.41) is 0. The Labute approximate surface area is 77.7 Å². The van der Waals surface area contributed by atoms with Crippen molar-refractivity contribution >= 4 is 0 Å². The van der Waals surface area contributed by atoms with Crippen LogP contribution in [-0.2, 0) is 0 Å². The third-order valence-electron chi connectivity index (χ3n) is 3.43. The lowest BCUT2D eigenvalue weighted by Crippen LogP contribution is -2.25. The highest BCUT2D eigenvalue weighted by molar-refractivity contribution is 4.80. The zero-order chi connectivity index (χ0) is 8.81. The van der Waals surface area contributed by atoms with Crippen molar-refractivity contribution in [1.82, 2.24) is 0 Å². The first-order valence-corrected chi connectivity index (χ1v) is 5.88. The molecular weight excluding hydrogens is 144 g/mol. The van der Waals surface area contributed by atoms with Crippen LogP contribution in [0, 0.1) is 11.8 Å². The van der Waals surface area contributed by atoms with E-state index in [2.05, 4.69) is 13.8 Å². The van der Waals surface area contributed by atoms with Crippen LogP contribution in [0.1, 0.15) is 65.2 Å². The molecule has 1 fully saturated rings.